The first-order valence-electron chi connectivity index (χ1n) is 15.6. The number of carbonyl (C=O) groups is 5. The fraction of sp³-hybridized carbons (Fsp3) is 0.656. The van der Waals surface area contributed by atoms with Crippen molar-refractivity contribution in [2.75, 3.05) is 24.3 Å². The predicted molar refractivity (Wildman–Crippen MR) is 171 cm³/mol. The van der Waals surface area contributed by atoms with Crippen molar-refractivity contribution >= 4 is 48.0 Å². The van der Waals surface area contributed by atoms with E-state index in [2.05, 4.69) is 42.4 Å². The maximum atomic E-state index is 13.0. The quantitative estimate of drug-likeness (QED) is 0.0751. The summed E-state index contributed by atoms with van der Waals surface area (Å²) in [7, 11) is 0. The van der Waals surface area contributed by atoms with E-state index in [0.29, 0.717) is 0 Å². The third kappa shape index (κ3) is 16.4. The van der Waals surface area contributed by atoms with Gasteiger partial charge in [-0.05, 0) is 44.9 Å². The van der Waals surface area contributed by atoms with Crippen LogP contribution in [0.15, 0.2) is 18.2 Å². The second-order valence-electron chi connectivity index (χ2n) is 10.8. The van der Waals surface area contributed by atoms with Crippen LogP contribution in [-0.2, 0) is 23.9 Å². The zero-order valence-corrected chi connectivity index (χ0v) is 27.2. The zero-order valence-electron chi connectivity index (χ0n) is 26.3. The van der Waals surface area contributed by atoms with Gasteiger partial charge in [0.05, 0.1) is 19.0 Å². The van der Waals surface area contributed by atoms with E-state index >= 15 is 0 Å². The van der Waals surface area contributed by atoms with Crippen LogP contribution in [0.5, 0.6) is 0 Å². The highest BCUT2D eigenvalue weighted by atomic mass is 32.1. The van der Waals surface area contributed by atoms with Crippen LogP contribution < -0.4 is 16.0 Å². The normalized spacial score (nSPS) is 12.1. The first-order chi connectivity index (χ1) is 20.6. The van der Waals surface area contributed by atoms with Crippen LogP contribution in [0.3, 0.4) is 0 Å². The van der Waals surface area contributed by atoms with Crippen molar-refractivity contribution in [3.05, 3.63) is 29.3 Å². The summed E-state index contributed by atoms with van der Waals surface area (Å²) in [5.41, 5.74) is 0.264. The molecule has 11 heteroatoms. The minimum absolute atomic E-state index is 0.0380. The van der Waals surface area contributed by atoms with Crippen molar-refractivity contribution < 1.29 is 33.4 Å². The summed E-state index contributed by atoms with van der Waals surface area (Å²) in [5, 5.41) is 7.74. The summed E-state index contributed by atoms with van der Waals surface area (Å²) >= 11 is 3.95. The van der Waals surface area contributed by atoms with Crippen LogP contribution in [0.25, 0.3) is 0 Å². The molecule has 0 unspecified atom stereocenters. The Labute approximate surface area is 262 Å². The lowest BCUT2D eigenvalue weighted by Crippen LogP contribution is -2.40. The smallest absolute Gasteiger partial charge is 0.328 e. The summed E-state index contributed by atoms with van der Waals surface area (Å²) < 4.78 is 10.6. The summed E-state index contributed by atoms with van der Waals surface area (Å²) in [6.07, 6.45) is 12.7. The third-order valence-electron chi connectivity index (χ3n) is 6.77. The fourth-order valence-corrected chi connectivity index (χ4v) is 4.28. The van der Waals surface area contributed by atoms with Gasteiger partial charge in [-0.25, -0.2) is 9.59 Å². The van der Waals surface area contributed by atoms with E-state index in [4.69, 9.17) is 9.47 Å². The standard InChI is InChI=1S/C32H51N3O7S/c1-5-7-9-11-13-15-17-41-31(39)23(3)33-29(37)25-19-26(21-27(20-25)35-28(36)22-43)30(38)34-24(4)32(40)42-18-16-14-12-10-8-6-2/h19-21,23-24,43H,5-18,22H2,1-4H3,(H,33,37)(H,34,38)(H,35,36)/t23-,24-/m0/s1. The van der Waals surface area contributed by atoms with Gasteiger partial charge in [0.15, 0.2) is 0 Å². The number of hydrogen-bond donors (Lipinski definition) is 4. The number of amides is 3. The van der Waals surface area contributed by atoms with E-state index in [1.54, 1.807) is 0 Å². The van der Waals surface area contributed by atoms with Gasteiger partial charge >= 0.3 is 11.9 Å². The van der Waals surface area contributed by atoms with Crippen molar-refractivity contribution in [2.45, 2.75) is 117 Å². The van der Waals surface area contributed by atoms with Crippen molar-refractivity contribution in [2.24, 2.45) is 0 Å². The lowest BCUT2D eigenvalue weighted by molar-refractivity contribution is -0.146. The molecule has 3 N–H and O–H groups in total. The fourth-order valence-electron chi connectivity index (χ4n) is 4.20. The molecule has 0 saturated heterocycles. The molecule has 2 atom stereocenters. The number of rotatable bonds is 22. The first-order valence-corrected chi connectivity index (χ1v) is 16.3. The van der Waals surface area contributed by atoms with Gasteiger partial charge in [0, 0.05) is 16.8 Å². The molecule has 1 rings (SSSR count). The minimum atomic E-state index is -0.929. The van der Waals surface area contributed by atoms with Crippen molar-refractivity contribution in [3.63, 3.8) is 0 Å². The van der Waals surface area contributed by atoms with Crippen LogP contribution >= 0.6 is 12.6 Å². The molecule has 0 fully saturated rings. The molecule has 0 aromatic heterocycles. The Hall–Kier alpha value is -3.08. The summed E-state index contributed by atoms with van der Waals surface area (Å²) in [4.78, 5) is 62.8. The molecule has 0 saturated carbocycles. The highest BCUT2D eigenvalue weighted by Gasteiger charge is 2.22. The number of carbonyl (C=O) groups excluding carboxylic acids is 5. The highest BCUT2D eigenvalue weighted by molar-refractivity contribution is 7.81. The highest BCUT2D eigenvalue weighted by Crippen LogP contribution is 2.17. The molecule has 0 heterocycles. The SMILES string of the molecule is CCCCCCCCOC(=O)[C@H](C)NC(=O)c1cc(NC(=O)CS)cc(C(=O)N[C@@H](C)C(=O)OCCCCCCCC)c1. The monoisotopic (exact) mass is 621 g/mol. The van der Waals surface area contributed by atoms with Gasteiger partial charge in [-0.2, -0.15) is 12.6 Å². The van der Waals surface area contributed by atoms with Crippen LogP contribution in [0, 0.1) is 0 Å². The number of unbranched alkanes of at least 4 members (excludes halogenated alkanes) is 10. The molecule has 0 aliphatic rings. The lowest BCUT2D eigenvalue weighted by atomic mass is 10.1. The molecule has 43 heavy (non-hydrogen) atoms. The van der Waals surface area contributed by atoms with Crippen molar-refractivity contribution in [1.82, 2.24) is 10.6 Å². The summed E-state index contributed by atoms with van der Waals surface area (Å²) in [5.74, 6) is -2.94. The summed E-state index contributed by atoms with van der Waals surface area (Å²) in [6, 6.07) is 2.24. The van der Waals surface area contributed by atoms with E-state index in [1.807, 2.05) is 0 Å². The van der Waals surface area contributed by atoms with E-state index in [-0.39, 0.29) is 35.8 Å². The van der Waals surface area contributed by atoms with Crippen molar-refractivity contribution in [1.29, 1.82) is 0 Å². The Morgan fingerprint density at radius 1 is 0.651 bits per heavy atom. The second kappa shape index (κ2) is 22.5. The van der Waals surface area contributed by atoms with Crippen LogP contribution in [0.2, 0.25) is 0 Å². The molecule has 0 radical (unpaired) electrons. The molecular weight excluding hydrogens is 570 g/mol. The zero-order chi connectivity index (χ0) is 32.0. The van der Waals surface area contributed by atoms with Crippen molar-refractivity contribution in [3.8, 4) is 0 Å². The van der Waals surface area contributed by atoms with Crippen LogP contribution in [0.4, 0.5) is 5.69 Å². The molecule has 1 aromatic rings. The van der Waals surface area contributed by atoms with Crippen LogP contribution in [0.1, 0.15) is 125 Å². The number of benzene rings is 1. The average Bonchev–Trinajstić information content (AvgIpc) is 2.99. The molecular formula is C32H51N3O7S. The Balaban J connectivity index is 2.78. The van der Waals surface area contributed by atoms with Gasteiger partial charge in [0.1, 0.15) is 12.1 Å². The van der Waals surface area contributed by atoms with E-state index in [1.165, 1.54) is 44.9 Å². The second-order valence-corrected chi connectivity index (χ2v) is 11.1. The molecule has 0 aliphatic heterocycles. The Morgan fingerprint density at radius 3 is 1.44 bits per heavy atom. The number of hydrogen-bond acceptors (Lipinski definition) is 8. The van der Waals surface area contributed by atoms with Gasteiger partial charge in [-0.3, -0.25) is 14.4 Å². The molecule has 1 aromatic carbocycles. The Bertz CT molecular complexity index is 966. The molecule has 10 nitrogen and oxygen atoms in total. The van der Waals surface area contributed by atoms with Crippen LogP contribution in [-0.4, -0.2) is 60.7 Å². The maximum absolute atomic E-state index is 13.0. The lowest BCUT2D eigenvalue weighted by Gasteiger charge is -2.16. The Morgan fingerprint density at radius 2 is 1.05 bits per heavy atom. The molecule has 0 bridgehead atoms. The summed E-state index contributed by atoms with van der Waals surface area (Å²) in [6.45, 7) is 7.89. The minimum Gasteiger partial charge on any atom is -0.464 e. The first kappa shape index (κ1) is 37.9. The van der Waals surface area contributed by atoms with Gasteiger partial charge in [0.25, 0.3) is 11.8 Å². The number of thiol groups is 1. The molecule has 3 amide bonds. The van der Waals surface area contributed by atoms with E-state index in [0.717, 1.165) is 64.2 Å². The van der Waals surface area contributed by atoms with Gasteiger partial charge in [-0.1, -0.05) is 78.1 Å². The number of ether oxygens (including phenoxy) is 2. The van der Waals surface area contributed by atoms with Gasteiger partial charge < -0.3 is 25.4 Å². The topological polar surface area (TPSA) is 140 Å². The predicted octanol–water partition coefficient (Wildman–Crippen LogP) is 5.60. The van der Waals surface area contributed by atoms with Gasteiger partial charge in [0.2, 0.25) is 5.91 Å². The maximum Gasteiger partial charge on any atom is 0.328 e. The Kier molecular flexibility index (Phi) is 19.8. The molecule has 242 valence electrons. The molecule has 0 aliphatic carbocycles. The van der Waals surface area contributed by atoms with Gasteiger partial charge in [-0.15, -0.1) is 0 Å². The van der Waals surface area contributed by atoms with E-state index < -0.39 is 41.7 Å². The number of nitrogens with one attached hydrogen (secondary N) is 3. The van der Waals surface area contributed by atoms with E-state index in [9.17, 15) is 24.0 Å². The largest absolute Gasteiger partial charge is 0.464 e. The molecule has 0 spiro atoms. The average molecular weight is 622 g/mol. The number of esters is 2. The number of anilines is 1. The third-order valence-corrected chi connectivity index (χ3v) is 7.06.